The van der Waals surface area contributed by atoms with Crippen molar-refractivity contribution in [1.29, 1.82) is 0 Å². The lowest BCUT2D eigenvalue weighted by atomic mass is 9.81. The summed E-state index contributed by atoms with van der Waals surface area (Å²) in [6, 6.07) is 4.00. The second-order valence-electron chi connectivity index (χ2n) is 6.73. The number of esters is 3. The fourth-order valence-electron chi connectivity index (χ4n) is 3.37. The molecule has 0 amide bonds. The van der Waals surface area contributed by atoms with Crippen molar-refractivity contribution >= 4 is 29.5 Å². The van der Waals surface area contributed by atoms with Crippen LogP contribution in [0.4, 0.5) is 0 Å². The van der Waals surface area contributed by atoms with Crippen LogP contribution >= 0.6 is 0 Å². The average molecular weight is 426 g/mol. The lowest BCUT2D eigenvalue weighted by molar-refractivity contribution is -0.134. The van der Waals surface area contributed by atoms with Gasteiger partial charge in [0, 0.05) is 31.9 Å². The molecule has 0 N–H and O–H groups in total. The van der Waals surface area contributed by atoms with Gasteiger partial charge in [-0.3, -0.25) is 24.0 Å². The molecular weight excluding hydrogens is 408 g/mol. The molecule has 1 aliphatic rings. The van der Waals surface area contributed by atoms with Crippen LogP contribution in [0.25, 0.3) is 0 Å². The van der Waals surface area contributed by atoms with Gasteiger partial charge >= 0.3 is 17.9 Å². The van der Waals surface area contributed by atoms with Crippen LogP contribution in [0.1, 0.15) is 58.2 Å². The van der Waals surface area contributed by atoms with Crippen LogP contribution in [0.3, 0.4) is 0 Å². The first-order chi connectivity index (χ1) is 14.6. The largest absolute Gasteiger partial charge is 0.492 e. The van der Waals surface area contributed by atoms with Crippen molar-refractivity contribution in [3.05, 3.63) is 46.0 Å². The SMILES string of the molecule is COc1c(OC(C)=O)c(C)cc2c1C(=O)c1c(ccc(OC(C)=O)c1OC(C)=O)C2=O. The number of rotatable bonds is 4. The maximum Gasteiger partial charge on any atom is 0.308 e. The van der Waals surface area contributed by atoms with Gasteiger partial charge in [-0.2, -0.15) is 0 Å². The number of benzene rings is 2. The quantitative estimate of drug-likeness (QED) is 0.457. The van der Waals surface area contributed by atoms with Gasteiger partial charge in [0.15, 0.2) is 28.8 Å². The summed E-state index contributed by atoms with van der Waals surface area (Å²) < 4.78 is 20.7. The molecule has 160 valence electrons. The first kappa shape index (κ1) is 21.7. The first-order valence-corrected chi connectivity index (χ1v) is 9.10. The lowest BCUT2D eigenvalue weighted by Gasteiger charge is -2.24. The summed E-state index contributed by atoms with van der Waals surface area (Å²) in [7, 11) is 1.26. The van der Waals surface area contributed by atoms with Crippen LogP contribution in [-0.4, -0.2) is 36.6 Å². The minimum atomic E-state index is -0.788. The number of methoxy groups -OCH3 is 1. The highest BCUT2D eigenvalue weighted by Gasteiger charge is 2.39. The van der Waals surface area contributed by atoms with Crippen molar-refractivity contribution in [2.75, 3.05) is 7.11 Å². The van der Waals surface area contributed by atoms with Crippen molar-refractivity contribution in [2.24, 2.45) is 0 Å². The maximum absolute atomic E-state index is 13.5. The van der Waals surface area contributed by atoms with Crippen LogP contribution in [0.5, 0.6) is 23.0 Å². The van der Waals surface area contributed by atoms with E-state index in [0.717, 1.165) is 13.8 Å². The van der Waals surface area contributed by atoms with E-state index in [1.165, 1.54) is 32.2 Å². The van der Waals surface area contributed by atoms with Gasteiger partial charge in [-0.05, 0) is 30.7 Å². The Morgan fingerprint density at radius 1 is 0.710 bits per heavy atom. The first-order valence-electron chi connectivity index (χ1n) is 9.10. The highest BCUT2D eigenvalue weighted by molar-refractivity contribution is 6.31. The number of fused-ring (bicyclic) bond motifs is 2. The second kappa shape index (κ2) is 8.02. The molecule has 9 heteroatoms. The van der Waals surface area contributed by atoms with Gasteiger partial charge in [-0.25, -0.2) is 0 Å². The summed E-state index contributed by atoms with van der Waals surface area (Å²) in [5.74, 6) is -4.09. The predicted molar refractivity (Wildman–Crippen MR) is 105 cm³/mol. The topological polar surface area (TPSA) is 122 Å². The molecule has 0 atom stereocenters. The zero-order valence-electron chi connectivity index (χ0n) is 17.4. The highest BCUT2D eigenvalue weighted by Crippen LogP contribution is 2.45. The zero-order chi connectivity index (χ0) is 23.0. The molecule has 0 saturated carbocycles. The van der Waals surface area contributed by atoms with Gasteiger partial charge in [0.05, 0.1) is 18.2 Å². The van der Waals surface area contributed by atoms with Crippen molar-refractivity contribution < 1.29 is 42.9 Å². The Labute approximate surface area is 176 Å². The highest BCUT2D eigenvalue weighted by atomic mass is 16.6. The van der Waals surface area contributed by atoms with E-state index in [0.29, 0.717) is 5.56 Å². The van der Waals surface area contributed by atoms with Crippen LogP contribution in [0, 0.1) is 6.92 Å². The van der Waals surface area contributed by atoms with Gasteiger partial charge < -0.3 is 18.9 Å². The molecule has 0 unspecified atom stereocenters. The molecule has 0 spiro atoms. The van der Waals surface area contributed by atoms with Crippen LogP contribution in [0.15, 0.2) is 18.2 Å². The Morgan fingerprint density at radius 3 is 1.81 bits per heavy atom. The summed E-state index contributed by atoms with van der Waals surface area (Å²) in [5, 5.41) is 0. The summed E-state index contributed by atoms with van der Waals surface area (Å²) in [4.78, 5) is 61.4. The minimum absolute atomic E-state index is 0.0106. The summed E-state index contributed by atoms with van der Waals surface area (Å²) in [6.45, 7) is 5.02. The Hall–Kier alpha value is -4.01. The summed E-state index contributed by atoms with van der Waals surface area (Å²) >= 11 is 0. The standard InChI is InChI=1S/C22H18O9/c1-9-8-14-17(22(28-5)20(9)30-11(3)24)19(27)16-13(18(14)26)6-7-15(29-10(2)23)21(16)31-12(4)25/h6-8H,1-5H3. The Balaban J connectivity index is 2.35. The Kier molecular flexibility index (Phi) is 5.61. The molecule has 9 nitrogen and oxygen atoms in total. The molecule has 0 fully saturated rings. The van der Waals surface area contributed by atoms with E-state index < -0.39 is 29.5 Å². The molecule has 0 heterocycles. The molecule has 2 aromatic rings. The molecule has 0 aromatic heterocycles. The molecule has 31 heavy (non-hydrogen) atoms. The number of ether oxygens (including phenoxy) is 4. The monoisotopic (exact) mass is 426 g/mol. The molecule has 3 rings (SSSR count). The van der Waals surface area contributed by atoms with E-state index in [-0.39, 0.29) is 45.3 Å². The third-order valence-corrected chi connectivity index (χ3v) is 4.44. The van der Waals surface area contributed by atoms with Crippen LogP contribution in [-0.2, 0) is 14.4 Å². The lowest BCUT2D eigenvalue weighted by Crippen LogP contribution is -2.24. The number of carbonyl (C=O) groups excluding carboxylic acids is 5. The number of ketones is 2. The van der Waals surface area contributed by atoms with Crippen LogP contribution < -0.4 is 18.9 Å². The van der Waals surface area contributed by atoms with E-state index >= 15 is 0 Å². The normalized spacial score (nSPS) is 11.9. The van der Waals surface area contributed by atoms with Gasteiger partial charge in [0.1, 0.15) is 0 Å². The van der Waals surface area contributed by atoms with Crippen molar-refractivity contribution in [2.45, 2.75) is 27.7 Å². The van der Waals surface area contributed by atoms with E-state index in [1.807, 2.05) is 0 Å². The fourth-order valence-corrected chi connectivity index (χ4v) is 3.37. The smallest absolute Gasteiger partial charge is 0.308 e. The van der Waals surface area contributed by atoms with Crippen molar-refractivity contribution in [3.63, 3.8) is 0 Å². The summed E-state index contributed by atoms with van der Waals surface area (Å²) in [6.07, 6.45) is 0. The van der Waals surface area contributed by atoms with Gasteiger partial charge in [-0.15, -0.1) is 0 Å². The third kappa shape index (κ3) is 3.77. The van der Waals surface area contributed by atoms with Crippen LogP contribution in [0.2, 0.25) is 0 Å². The average Bonchev–Trinajstić information content (AvgIpc) is 2.67. The van der Waals surface area contributed by atoms with Crippen molar-refractivity contribution in [1.82, 2.24) is 0 Å². The van der Waals surface area contributed by atoms with E-state index in [1.54, 1.807) is 6.92 Å². The van der Waals surface area contributed by atoms with Gasteiger partial charge in [-0.1, -0.05) is 0 Å². The molecular formula is C22H18O9. The maximum atomic E-state index is 13.5. The number of hydrogen-bond donors (Lipinski definition) is 0. The zero-order valence-corrected chi connectivity index (χ0v) is 17.4. The van der Waals surface area contributed by atoms with E-state index in [4.69, 9.17) is 18.9 Å². The number of carbonyl (C=O) groups is 5. The van der Waals surface area contributed by atoms with E-state index in [9.17, 15) is 24.0 Å². The third-order valence-electron chi connectivity index (χ3n) is 4.44. The molecule has 2 aromatic carbocycles. The number of aryl methyl sites for hydroxylation is 1. The number of hydrogen-bond acceptors (Lipinski definition) is 9. The van der Waals surface area contributed by atoms with Gasteiger partial charge in [0.2, 0.25) is 5.78 Å². The molecule has 0 saturated heterocycles. The second-order valence-corrected chi connectivity index (χ2v) is 6.73. The molecule has 1 aliphatic carbocycles. The van der Waals surface area contributed by atoms with Crippen molar-refractivity contribution in [3.8, 4) is 23.0 Å². The molecule has 0 aliphatic heterocycles. The fraction of sp³-hybridized carbons (Fsp3) is 0.227. The van der Waals surface area contributed by atoms with E-state index in [2.05, 4.69) is 0 Å². The Bertz CT molecular complexity index is 1170. The predicted octanol–water partition coefficient (Wildman–Crippen LogP) is 2.55. The Morgan fingerprint density at radius 2 is 1.26 bits per heavy atom. The minimum Gasteiger partial charge on any atom is -0.492 e. The summed E-state index contributed by atoms with van der Waals surface area (Å²) in [5.41, 5.74) is -0.00662. The molecule has 0 bridgehead atoms. The molecule has 0 radical (unpaired) electrons. The van der Waals surface area contributed by atoms with Gasteiger partial charge in [0.25, 0.3) is 0 Å².